The van der Waals surface area contributed by atoms with E-state index >= 15 is 0 Å². The van der Waals surface area contributed by atoms with Crippen LogP contribution in [0, 0.1) is 5.92 Å². The van der Waals surface area contributed by atoms with Gasteiger partial charge in [0.2, 0.25) is 5.91 Å². The minimum atomic E-state index is -0.0723. The van der Waals surface area contributed by atoms with Crippen molar-refractivity contribution < 1.29 is 9.53 Å². The van der Waals surface area contributed by atoms with Crippen molar-refractivity contribution in [2.45, 2.75) is 51.8 Å². The van der Waals surface area contributed by atoms with Crippen LogP contribution in [0.25, 0.3) is 0 Å². The van der Waals surface area contributed by atoms with Gasteiger partial charge in [0.25, 0.3) is 0 Å². The number of anilines is 1. The average molecular weight is 489 g/mol. The smallest absolute Gasteiger partial charge is 0.227 e. The first-order valence-corrected chi connectivity index (χ1v) is 13.1. The van der Waals surface area contributed by atoms with E-state index < -0.39 is 0 Å². The number of hydrogen-bond donors (Lipinski definition) is 0. The Morgan fingerprint density at radius 2 is 1.57 bits per heavy atom. The fourth-order valence-electron chi connectivity index (χ4n) is 5.36. The molecule has 182 valence electrons. The molecule has 0 radical (unpaired) electrons. The predicted molar refractivity (Wildman–Crippen MR) is 142 cm³/mol. The van der Waals surface area contributed by atoms with Gasteiger partial charge in [-0.05, 0) is 61.8 Å². The average Bonchev–Trinajstić information content (AvgIpc) is 2.89. The number of hydrogen-bond acceptors (Lipinski definition) is 3. The molecule has 1 saturated heterocycles. The van der Waals surface area contributed by atoms with E-state index in [2.05, 4.69) is 54.3 Å². The number of halogens is 1. The van der Waals surface area contributed by atoms with Crippen molar-refractivity contribution in [3.8, 4) is 5.75 Å². The molecule has 5 heteroatoms. The largest absolute Gasteiger partial charge is 0.473 e. The normalized spacial score (nSPS) is 17.8. The molecule has 1 amide bonds. The van der Waals surface area contributed by atoms with Gasteiger partial charge in [0.1, 0.15) is 12.0 Å². The van der Waals surface area contributed by atoms with Gasteiger partial charge in [0.15, 0.2) is 0 Å². The molecule has 4 nitrogen and oxygen atoms in total. The molecule has 0 spiro atoms. The van der Waals surface area contributed by atoms with Crippen LogP contribution in [0.5, 0.6) is 5.75 Å². The van der Waals surface area contributed by atoms with Crippen LogP contribution in [0.1, 0.15) is 42.9 Å². The van der Waals surface area contributed by atoms with Gasteiger partial charge in [0.05, 0.1) is 17.3 Å². The van der Waals surface area contributed by atoms with Crippen LogP contribution >= 0.6 is 11.6 Å². The summed E-state index contributed by atoms with van der Waals surface area (Å²) in [5.74, 6) is 1.59. The lowest BCUT2D eigenvalue weighted by atomic mass is 9.90. The van der Waals surface area contributed by atoms with Crippen LogP contribution in [-0.4, -0.2) is 30.1 Å². The number of rotatable bonds is 7. The zero-order chi connectivity index (χ0) is 24.2. The van der Waals surface area contributed by atoms with Crippen LogP contribution in [0.15, 0.2) is 72.8 Å². The van der Waals surface area contributed by atoms with E-state index in [1.54, 1.807) is 0 Å². The van der Waals surface area contributed by atoms with Crippen LogP contribution < -0.4 is 9.64 Å². The summed E-state index contributed by atoms with van der Waals surface area (Å²) in [6, 6.07) is 24.7. The molecular formula is C30H33ClN2O2. The Bertz CT molecular complexity index is 1140. The Hall–Kier alpha value is -2.82. The van der Waals surface area contributed by atoms with Gasteiger partial charge < -0.3 is 9.64 Å². The van der Waals surface area contributed by atoms with Crippen molar-refractivity contribution in [1.29, 1.82) is 0 Å². The predicted octanol–water partition coefficient (Wildman–Crippen LogP) is 6.50. The lowest BCUT2D eigenvalue weighted by Crippen LogP contribution is -2.43. The molecule has 1 atom stereocenters. The van der Waals surface area contributed by atoms with Gasteiger partial charge in [-0.15, -0.1) is 0 Å². The van der Waals surface area contributed by atoms with Crippen LogP contribution in [-0.2, 0) is 24.2 Å². The third-order valence-corrected chi connectivity index (χ3v) is 7.67. The molecule has 0 N–H and O–H groups in total. The second-order valence-electron chi connectivity index (χ2n) is 9.73. The Kier molecular flexibility index (Phi) is 7.40. The fourth-order valence-corrected chi connectivity index (χ4v) is 5.59. The van der Waals surface area contributed by atoms with E-state index in [1.807, 2.05) is 35.2 Å². The van der Waals surface area contributed by atoms with E-state index in [0.717, 1.165) is 42.1 Å². The van der Waals surface area contributed by atoms with Crippen LogP contribution in [0.4, 0.5) is 5.69 Å². The highest BCUT2D eigenvalue weighted by atomic mass is 35.5. The molecule has 3 aromatic rings. The summed E-state index contributed by atoms with van der Waals surface area (Å²) in [4.78, 5) is 17.1. The summed E-state index contributed by atoms with van der Waals surface area (Å²) in [5.41, 5.74) is 4.49. The summed E-state index contributed by atoms with van der Waals surface area (Å²) in [6.45, 7) is 4.70. The van der Waals surface area contributed by atoms with E-state index in [4.69, 9.17) is 16.3 Å². The highest BCUT2D eigenvalue weighted by Gasteiger charge is 2.30. The number of amides is 1. The Balaban J connectivity index is 1.27. The molecule has 35 heavy (non-hydrogen) atoms. The molecule has 2 aliphatic rings. The van der Waals surface area contributed by atoms with Crippen molar-refractivity contribution in [1.82, 2.24) is 4.90 Å². The van der Waals surface area contributed by atoms with Crippen molar-refractivity contribution in [2.24, 2.45) is 5.92 Å². The molecule has 0 bridgehead atoms. The molecule has 2 aliphatic heterocycles. The number of carbonyl (C=O) groups is 1. The lowest BCUT2D eigenvalue weighted by Gasteiger charge is -2.37. The van der Waals surface area contributed by atoms with Crippen LogP contribution in [0.2, 0.25) is 5.02 Å². The van der Waals surface area contributed by atoms with E-state index in [1.165, 1.54) is 18.4 Å². The molecule has 0 saturated carbocycles. The highest BCUT2D eigenvalue weighted by molar-refractivity contribution is 6.32. The zero-order valence-corrected chi connectivity index (χ0v) is 21.1. The summed E-state index contributed by atoms with van der Waals surface area (Å²) >= 11 is 6.65. The molecule has 0 aromatic heterocycles. The number of carbonyl (C=O) groups excluding carboxylic acids is 1. The molecule has 1 fully saturated rings. The third kappa shape index (κ3) is 5.55. The van der Waals surface area contributed by atoms with E-state index in [9.17, 15) is 4.79 Å². The second-order valence-corrected chi connectivity index (χ2v) is 10.1. The third-order valence-electron chi connectivity index (χ3n) is 7.37. The Morgan fingerprint density at radius 3 is 2.26 bits per heavy atom. The molecule has 1 unspecified atom stereocenters. The minimum absolute atomic E-state index is 0.0723. The van der Waals surface area contributed by atoms with E-state index in [0.29, 0.717) is 30.3 Å². The Labute approximate surface area is 213 Å². The number of benzene rings is 3. The van der Waals surface area contributed by atoms with E-state index in [-0.39, 0.29) is 12.1 Å². The second kappa shape index (κ2) is 10.8. The molecule has 5 rings (SSSR count). The van der Waals surface area contributed by atoms with Gasteiger partial charge >= 0.3 is 0 Å². The summed E-state index contributed by atoms with van der Waals surface area (Å²) in [6.07, 6.45) is 4.53. The first-order chi connectivity index (χ1) is 17.1. The minimum Gasteiger partial charge on any atom is -0.473 e. The monoisotopic (exact) mass is 488 g/mol. The first kappa shape index (κ1) is 23.9. The summed E-state index contributed by atoms with van der Waals surface area (Å²) in [7, 11) is 0. The Morgan fingerprint density at radius 1 is 0.914 bits per heavy atom. The SMILES string of the molecule is CC(Oc1c(Cl)ccc2c1CCC(=O)N2Cc1ccccc1)N1CCC(Cc2ccccc2)CC1. The first-order valence-electron chi connectivity index (χ1n) is 12.7. The molecule has 2 heterocycles. The fraction of sp³-hybridized carbons (Fsp3) is 0.367. The summed E-state index contributed by atoms with van der Waals surface area (Å²) < 4.78 is 6.53. The summed E-state index contributed by atoms with van der Waals surface area (Å²) in [5, 5.41) is 0.614. The number of nitrogens with zero attached hydrogens (tertiary/aromatic N) is 2. The van der Waals surface area contributed by atoms with Crippen molar-refractivity contribution >= 4 is 23.2 Å². The maximum atomic E-state index is 12.8. The maximum absolute atomic E-state index is 12.8. The maximum Gasteiger partial charge on any atom is 0.227 e. The standard InChI is InChI=1S/C30H33ClN2O2/c1-22(32-18-16-24(17-19-32)20-23-8-4-2-5-9-23)35-30-26-12-15-29(34)33(28(26)14-13-27(30)31)21-25-10-6-3-7-11-25/h2-11,13-14,22,24H,12,15-21H2,1H3. The number of likely N-dealkylation sites (tertiary alicyclic amines) is 1. The molecule has 0 aliphatic carbocycles. The van der Waals surface area contributed by atoms with Crippen molar-refractivity contribution in [3.63, 3.8) is 0 Å². The lowest BCUT2D eigenvalue weighted by molar-refractivity contribution is -0.119. The zero-order valence-electron chi connectivity index (χ0n) is 20.3. The van der Waals surface area contributed by atoms with Crippen LogP contribution in [0.3, 0.4) is 0 Å². The van der Waals surface area contributed by atoms with Gasteiger partial charge in [-0.1, -0.05) is 72.3 Å². The highest BCUT2D eigenvalue weighted by Crippen LogP contribution is 2.41. The van der Waals surface area contributed by atoms with Gasteiger partial charge in [-0.25, -0.2) is 0 Å². The number of fused-ring (bicyclic) bond motifs is 1. The van der Waals surface area contributed by atoms with Crippen molar-refractivity contribution in [2.75, 3.05) is 18.0 Å². The van der Waals surface area contributed by atoms with Gasteiger partial charge in [-0.3, -0.25) is 9.69 Å². The number of piperidine rings is 1. The van der Waals surface area contributed by atoms with Crippen molar-refractivity contribution in [3.05, 3.63) is 94.5 Å². The topological polar surface area (TPSA) is 32.8 Å². The van der Waals surface area contributed by atoms with Gasteiger partial charge in [-0.2, -0.15) is 0 Å². The quantitative estimate of drug-likeness (QED) is 0.380. The molecular weight excluding hydrogens is 456 g/mol. The molecule has 3 aromatic carbocycles. The van der Waals surface area contributed by atoms with Gasteiger partial charge in [0, 0.05) is 25.1 Å². The number of ether oxygens (including phenoxy) is 1.